The highest BCUT2D eigenvalue weighted by molar-refractivity contribution is 9.10. The third kappa shape index (κ3) is 5.05. The first-order chi connectivity index (χ1) is 16.5. The molecule has 4 aromatic rings. The Morgan fingerprint density at radius 3 is 2.47 bits per heavy atom. The van der Waals surface area contributed by atoms with Crippen molar-refractivity contribution in [1.82, 2.24) is 4.57 Å². The topological polar surface area (TPSA) is 67.0 Å². The molecule has 0 aliphatic heterocycles. The molecule has 1 N–H and O–H groups in total. The number of ether oxygens (including phenoxy) is 1. The molecular weight excluding hydrogens is 490 g/mol. The SMILES string of the molecule is CCOc1ccc(NC(=O)/C(C#N)=C\c2c(C)n(Cc3ccc(Br)cc3)c3ccccc23)cc1. The van der Waals surface area contributed by atoms with Crippen LogP contribution in [-0.4, -0.2) is 17.1 Å². The van der Waals surface area contributed by atoms with Gasteiger partial charge in [-0.05, 0) is 68.0 Å². The molecule has 34 heavy (non-hydrogen) atoms. The van der Waals surface area contributed by atoms with Crippen LogP contribution < -0.4 is 10.1 Å². The second-order valence-corrected chi connectivity index (χ2v) is 8.73. The van der Waals surface area contributed by atoms with Gasteiger partial charge in [-0.15, -0.1) is 0 Å². The molecule has 5 nitrogen and oxygen atoms in total. The molecule has 170 valence electrons. The number of nitriles is 1. The van der Waals surface area contributed by atoms with Crippen LogP contribution in [-0.2, 0) is 11.3 Å². The number of benzene rings is 3. The number of nitrogens with one attached hydrogen (secondary N) is 1. The lowest BCUT2D eigenvalue weighted by atomic mass is 10.1. The first-order valence-electron chi connectivity index (χ1n) is 11.0. The van der Waals surface area contributed by atoms with Gasteiger partial charge in [-0.3, -0.25) is 4.79 Å². The van der Waals surface area contributed by atoms with Crippen molar-refractivity contribution in [2.45, 2.75) is 20.4 Å². The third-order valence-electron chi connectivity index (χ3n) is 5.61. The van der Waals surface area contributed by atoms with Crippen molar-refractivity contribution in [2.24, 2.45) is 0 Å². The molecule has 0 radical (unpaired) electrons. The lowest BCUT2D eigenvalue weighted by Gasteiger charge is -2.09. The zero-order valence-corrected chi connectivity index (χ0v) is 20.6. The molecule has 0 saturated carbocycles. The normalized spacial score (nSPS) is 11.3. The zero-order chi connectivity index (χ0) is 24.1. The summed E-state index contributed by atoms with van der Waals surface area (Å²) in [5, 5.41) is 13.6. The number of hydrogen-bond donors (Lipinski definition) is 1. The van der Waals surface area contributed by atoms with Crippen LogP contribution >= 0.6 is 15.9 Å². The molecule has 1 aromatic heterocycles. The van der Waals surface area contributed by atoms with Crippen molar-refractivity contribution in [3.63, 3.8) is 0 Å². The standard InChI is InChI=1S/C28H24BrN3O2/c1-3-34-24-14-12-23(13-15-24)31-28(33)21(17-30)16-26-19(2)32(27-7-5-4-6-25(26)27)18-20-8-10-22(29)11-9-20/h4-16H,3,18H2,1-2H3,(H,31,33)/b21-16-. The quantitative estimate of drug-likeness (QED) is 0.220. The van der Waals surface area contributed by atoms with Crippen LogP contribution in [0.5, 0.6) is 5.75 Å². The molecule has 1 amide bonds. The van der Waals surface area contributed by atoms with E-state index in [1.54, 1.807) is 30.3 Å². The van der Waals surface area contributed by atoms with E-state index >= 15 is 0 Å². The minimum atomic E-state index is -0.448. The number of fused-ring (bicyclic) bond motifs is 1. The Labute approximate surface area is 207 Å². The van der Waals surface area contributed by atoms with Crippen molar-refractivity contribution in [1.29, 1.82) is 5.26 Å². The molecule has 4 rings (SSSR count). The molecular formula is C28H24BrN3O2. The Balaban J connectivity index is 1.67. The summed E-state index contributed by atoms with van der Waals surface area (Å²) < 4.78 is 8.68. The highest BCUT2D eigenvalue weighted by Crippen LogP contribution is 2.29. The van der Waals surface area contributed by atoms with E-state index in [4.69, 9.17) is 4.74 Å². The van der Waals surface area contributed by atoms with Gasteiger partial charge in [0.1, 0.15) is 17.4 Å². The van der Waals surface area contributed by atoms with Crippen molar-refractivity contribution in [2.75, 3.05) is 11.9 Å². The summed E-state index contributed by atoms with van der Waals surface area (Å²) in [5.41, 5.74) is 4.72. The number of anilines is 1. The predicted molar refractivity (Wildman–Crippen MR) is 140 cm³/mol. The molecule has 1 heterocycles. The molecule has 0 aliphatic rings. The summed E-state index contributed by atoms with van der Waals surface area (Å²) in [6.45, 7) is 5.19. The summed E-state index contributed by atoms with van der Waals surface area (Å²) in [6, 6.07) is 25.4. The second-order valence-electron chi connectivity index (χ2n) is 7.81. The lowest BCUT2D eigenvalue weighted by Crippen LogP contribution is -2.13. The van der Waals surface area contributed by atoms with Gasteiger partial charge in [0.05, 0.1) is 6.61 Å². The Bertz CT molecular complexity index is 1390. The van der Waals surface area contributed by atoms with Gasteiger partial charge in [-0.1, -0.05) is 46.3 Å². The molecule has 0 saturated heterocycles. The largest absolute Gasteiger partial charge is 0.494 e. The second kappa shape index (κ2) is 10.4. The number of aromatic nitrogens is 1. The van der Waals surface area contributed by atoms with Crippen LogP contribution in [0.1, 0.15) is 23.7 Å². The Kier molecular flexibility index (Phi) is 7.15. The fourth-order valence-electron chi connectivity index (χ4n) is 3.91. The van der Waals surface area contributed by atoms with E-state index in [1.165, 1.54) is 0 Å². The van der Waals surface area contributed by atoms with Gasteiger partial charge in [0.2, 0.25) is 0 Å². The van der Waals surface area contributed by atoms with Crippen LogP contribution in [0.15, 0.2) is 82.8 Å². The summed E-state index contributed by atoms with van der Waals surface area (Å²) in [6.07, 6.45) is 1.68. The van der Waals surface area contributed by atoms with E-state index in [-0.39, 0.29) is 5.57 Å². The number of halogens is 1. The number of hydrogen-bond acceptors (Lipinski definition) is 3. The summed E-state index contributed by atoms with van der Waals surface area (Å²) >= 11 is 3.48. The maximum absolute atomic E-state index is 12.9. The number of amides is 1. The minimum absolute atomic E-state index is 0.0449. The summed E-state index contributed by atoms with van der Waals surface area (Å²) in [7, 11) is 0. The maximum Gasteiger partial charge on any atom is 0.266 e. The Hall–Kier alpha value is -3.82. The molecule has 0 unspecified atom stereocenters. The van der Waals surface area contributed by atoms with Crippen LogP contribution in [0.3, 0.4) is 0 Å². The molecule has 0 atom stereocenters. The van der Waals surface area contributed by atoms with E-state index in [9.17, 15) is 10.1 Å². The first-order valence-corrected chi connectivity index (χ1v) is 11.8. The van der Waals surface area contributed by atoms with Crippen molar-refractivity contribution in [3.8, 4) is 11.8 Å². The van der Waals surface area contributed by atoms with Gasteiger partial charge in [0, 0.05) is 38.9 Å². The third-order valence-corrected chi connectivity index (χ3v) is 6.14. The van der Waals surface area contributed by atoms with Crippen LogP contribution in [0.4, 0.5) is 5.69 Å². The zero-order valence-electron chi connectivity index (χ0n) is 19.0. The number of rotatable bonds is 7. The van der Waals surface area contributed by atoms with Gasteiger partial charge in [-0.25, -0.2) is 0 Å². The van der Waals surface area contributed by atoms with Crippen LogP contribution in [0.25, 0.3) is 17.0 Å². The number of carbonyl (C=O) groups excluding carboxylic acids is 1. The van der Waals surface area contributed by atoms with Crippen molar-refractivity contribution >= 4 is 44.5 Å². The molecule has 0 bridgehead atoms. The minimum Gasteiger partial charge on any atom is -0.494 e. The van der Waals surface area contributed by atoms with Crippen molar-refractivity contribution < 1.29 is 9.53 Å². The molecule has 0 spiro atoms. The molecule has 6 heteroatoms. The molecule has 0 aliphatic carbocycles. The van der Waals surface area contributed by atoms with Crippen LogP contribution in [0, 0.1) is 18.3 Å². The van der Waals surface area contributed by atoms with E-state index in [0.29, 0.717) is 18.8 Å². The van der Waals surface area contributed by atoms with Gasteiger partial charge >= 0.3 is 0 Å². The Morgan fingerprint density at radius 1 is 1.09 bits per heavy atom. The predicted octanol–water partition coefficient (Wildman–Crippen LogP) is 6.70. The van der Waals surface area contributed by atoms with E-state index in [2.05, 4.69) is 50.1 Å². The molecule has 0 fully saturated rings. The van der Waals surface area contributed by atoms with Gasteiger partial charge in [0.25, 0.3) is 5.91 Å². The average molecular weight is 514 g/mol. The first kappa shape index (κ1) is 23.3. The Morgan fingerprint density at radius 2 is 1.79 bits per heavy atom. The average Bonchev–Trinajstić information content (AvgIpc) is 3.11. The van der Waals surface area contributed by atoms with Crippen LogP contribution in [0.2, 0.25) is 0 Å². The lowest BCUT2D eigenvalue weighted by molar-refractivity contribution is -0.112. The maximum atomic E-state index is 12.9. The van der Waals surface area contributed by atoms with E-state index in [0.717, 1.165) is 37.9 Å². The van der Waals surface area contributed by atoms with E-state index < -0.39 is 5.91 Å². The number of carbonyl (C=O) groups is 1. The fourth-order valence-corrected chi connectivity index (χ4v) is 4.17. The molecule has 3 aromatic carbocycles. The highest BCUT2D eigenvalue weighted by atomic mass is 79.9. The fraction of sp³-hybridized carbons (Fsp3) is 0.143. The van der Waals surface area contributed by atoms with E-state index in [1.807, 2.05) is 44.2 Å². The van der Waals surface area contributed by atoms with Gasteiger partial charge < -0.3 is 14.6 Å². The smallest absolute Gasteiger partial charge is 0.266 e. The van der Waals surface area contributed by atoms with Gasteiger partial charge in [0.15, 0.2) is 0 Å². The summed E-state index contributed by atoms with van der Waals surface area (Å²) in [5.74, 6) is 0.279. The summed E-state index contributed by atoms with van der Waals surface area (Å²) in [4.78, 5) is 12.9. The van der Waals surface area contributed by atoms with Gasteiger partial charge in [-0.2, -0.15) is 5.26 Å². The highest BCUT2D eigenvalue weighted by Gasteiger charge is 2.16. The monoisotopic (exact) mass is 513 g/mol. The van der Waals surface area contributed by atoms with Crippen molar-refractivity contribution in [3.05, 3.63) is 99.7 Å². The number of para-hydroxylation sites is 1. The number of nitrogens with zero attached hydrogens (tertiary/aromatic N) is 2.